The molecule has 142 valence electrons. The minimum Gasteiger partial charge on any atom is -0.485 e. The Hall–Kier alpha value is -3.68. The lowest BCUT2D eigenvalue weighted by Crippen LogP contribution is -2.26. The number of hydrogen-bond acceptors (Lipinski definition) is 6. The molecule has 0 aliphatic heterocycles. The zero-order valence-electron chi connectivity index (χ0n) is 15.3. The van der Waals surface area contributed by atoms with E-state index in [0.29, 0.717) is 36.0 Å². The molecule has 0 fully saturated rings. The van der Waals surface area contributed by atoms with E-state index >= 15 is 0 Å². The molecule has 0 spiro atoms. The average Bonchev–Trinajstić information content (AvgIpc) is 3.32. The zero-order valence-corrected chi connectivity index (χ0v) is 15.3. The smallest absolute Gasteiger partial charge is 0.255 e. The molecule has 0 saturated carbocycles. The van der Waals surface area contributed by atoms with Gasteiger partial charge >= 0.3 is 0 Å². The highest BCUT2D eigenvalue weighted by molar-refractivity contribution is 5.96. The Labute approximate surface area is 161 Å². The maximum absolute atomic E-state index is 12.6. The van der Waals surface area contributed by atoms with Gasteiger partial charge in [-0.1, -0.05) is 23.4 Å². The summed E-state index contributed by atoms with van der Waals surface area (Å²) in [7, 11) is 0. The minimum atomic E-state index is -0.205. The molecule has 8 heteroatoms. The van der Waals surface area contributed by atoms with Gasteiger partial charge in [-0.25, -0.2) is 4.98 Å². The molecule has 1 aromatic carbocycles. The number of rotatable bonds is 7. The van der Waals surface area contributed by atoms with Gasteiger partial charge in [-0.3, -0.25) is 4.79 Å². The largest absolute Gasteiger partial charge is 0.485 e. The number of fused-ring (bicyclic) bond motifs is 1. The summed E-state index contributed by atoms with van der Waals surface area (Å²) in [5.74, 6) is 1.16. The Morgan fingerprint density at radius 3 is 2.86 bits per heavy atom. The predicted molar refractivity (Wildman–Crippen MR) is 101 cm³/mol. The Morgan fingerprint density at radius 1 is 1.18 bits per heavy atom. The number of benzene rings is 1. The summed E-state index contributed by atoms with van der Waals surface area (Å²) in [6.07, 6.45) is 4.55. The van der Waals surface area contributed by atoms with Crippen LogP contribution in [0.4, 0.5) is 0 Å². The number of carbonyl (C=O) groups is 1. The maximum Gasteiger partial charge on any atom is 0.255 e. The van der Waals surface area contributed by atoms with Crippen molar-refractivity contribution in [2.24, 2.45) is 0 Å². The van der Waals surface area contributed by atoms with Gasteiger partial charge in [-0.05, 0) is 24.3 Å². The third-order valence-corrected chi connectivity index (χ3v) is 4.14. The summed E-state index contributed by atoms with van der Waals surface area (Å²) >= 11 is 0. The number of imidazole rings is 1. The Bertz CT molecular complexity index is 1070. The van der Waals surface area contributed by atoms with E-state index in [-0.39, 0.29) is 12.5 Å². The van der Waals surface area contributed by atoms with Crippen LogP contribution < -0.4 is 10.1 Å². The number of para-hydroxylation sites is 1. The van der Waals surface area contributed by atoms with E-state index in [2.05, 4.69) is 20.4 Å². The van der Waals surface area contributed by atoms with Crippen molar-refractivity contribution in [1.29, 1.82) is 0 Å². The van der Waals surface area contributed by atoms with Gasteiger partial charge < -0.3 is 19.0 Å². The van der Waals surface area contributed by atoms with E-state index in [1.165, 1.54) is 0 Å². The van der Waals surface area contributed by atoms with Crippen LogP contribution in [0.5, 0.6) is 5.75 Å². The van der Waals surface area contributed by atoms with Crippen LogP contribution in [0.3, 0.4) is 0 Å². The number of carbonyl (C=O) groups excluding carboxylic acids is 1. The summed E-state index contributed by atoms with van der Waals surface area (Å²) in [6.45, 7) is 2.31. The summed E-state index contributed by atoms with van der Waals surface area (Å²) < 4.78 is 12.6. The van der Waals surface area contributed by atoms with Crippen LogP contribution in [0.15, 0.2) is 59.4 Å². The first-order valence-corrected chi connectivity index (χ1v) is 8.91. The molecule has 0 aliphatic rings. The maximum atomic E-state index is 12.6. The summed E-state index contributed by atoms with van der Waals surface area (Å²) in [4.78, 5) is 21.2. The SMILES string of the molecule is Cc1nc(COc2ccccc2C(=O)NCCc2cn3ccccc3n2)no1. The quantitative estimate of drug-likeness (QED) is 0.532. The second-order valence-electron chi connectivity index (χ2n) is 6.22. The topological polar surface area (TPSA) is 94.5 Å². The Balaban J connectivity index is 1.36. The number of aryl methyl sites for hydroxylation is 1. The third-order valence-electron chi connectivity index (χ3n) is 4.14. The monoisotopic (exact) mass is 377 g/mol. The molecule has 0 atom stereocenters. The number of nitrogens with zero attached hydrogens (tertiary/aromatic N) is 4. The number of amides is 1. The van der Waals surface area contributed by atoms with Crippen molar-refractivity contribution in [1.82, 2.24) is 24.8 Å². The molecule has 4 aromatic rings. The fourth-order valence-electron chi connectivity index (χ4n) is 2.83. The molecule has 28 heavy (non-hydrogen) atoms. The first-order valence-electron chi connectivity index (χ1n) is 8.91. The van der Waals surface area contributed by atoms with Gasteiger partial charge in [0.2, 0.25) is 11.7 Å². The molecule has 4 rings (SSSR count). The number of pyridine rings is 1. The summed E-state index contributed by atoms with van der Waals surface area (Å²) in [5, 5.41) is 6.70. The van der Waals surface area contributed by atoms with Crippen LogP contribution in [0.25, 0.3) is 5.65 Å². The lowest BCUT2D eigenvalue weighted by Gasteiger charge is -2.10. The van der Waals surface area contributed by atoms with Crippen LogP contribution >= 0.6 is 0 Å². The van der Waals surface area contributed by atoms with Crippen LogP contribution in [0.1, 0.15) is 27.8 Å². The highest BCUT2D eigenvalue weighted by Gasteiger charge is 2.13. The number of aromatic nitrogens is 4. The average molecular weight is 377 g/mol. The molecule has 0 radical (unpaired) electrons. The van der Waals surface area contributed by atoms with E-state index < -0.39 is 0 Å². The van der Waals surface area contributed by atoms with Crippen molar-refractivity contribution in [3.63, 3.8) is 0 Å². The second-order valence-corrected chi connectivity index (χ2v) is 6.22. The molecule has 8 nitrogen and oxygen atoms in total. The van der Waals surface area contributed by atoms with Gasteiger partial charge in [0.15, 0.2) is 6.61 Å². The van der Waals surface area contributed by atoms with Gasteiger partial charge in [0.05, 0.1) is 11.3 Å². The van der Waals surface area contributed by atoms with Gasteiger partial charge in [-0.15, -0.1) is 0 Å². The second kappa shape index (κ2) is 7.91. The van der Waals surface area contributed by atoms with Gasteiger partial charge in [0.25, 0.3) is 5.91 Å². The molecular weight excluding hydrogens is 358 g/mol. The van der Waals surface area contributed by atoms with Gasteiger partial charge in [0, 0.05) is 32.3 Å². The van der Waals surface area contributed by atoms with Crippen molar-refractivity contribution in [3.05, 3.63) is 77.8 Å². The molecule has 0 unspecified atom stereocenters. The van der Waals surface area contributed by atoms with Crippen LogP contribution in [0.2, 0.25) is 0 Å². The van der Waals surface area contributed by atoms with Crippen LogP contribution in [-0.2, 0) is 13.0 Å². The molecule has 1 N–H and O–H groups in total. The minimum absolute atomic E-state index is 0.128. The standard InChI is InChI=1S/C20H19N5O3/c1-14-22-18(24-28-14)13-27-17-7-3-2-6-16(17)20(26)21-10-9-15-12-25-11-5-4-8-19(25)23-15/h2-8,11-12H,9-10,13H2,1H3,(H,21,26). The fraction of sp³-hybridized carbons (Fsp3) is 0.200. The third kappa shape index (κ3) is 4.01. The summed E-state index contributed by atoms with van der Waals surface area (Å²) in [5.41, 5.74) is 2.26. The number of nitrogens with one attached hydrogen (secondary N) is 1. The lowest BCUT2D eigenvalue weighted by molar-refractivity contribution is 0.0949. The van der Waals surface area contributed by atoms with Crippen molar-refractivity contribution in [3.8, 4) is 5.75 Å². The van der Waals surface area contributed by atoms with E-state index in [1.54, 1.807) is 25.1 Å². The first-order chi connectivity index (χ1) is 13.7. The van der Waals surface area contributed by atoms with Crippen molar-refractivity contribution >= 4 is 11.6 Å². The highest BCUT2D eigenvalue weighted by atomic mass is 16.5. The van der Waals surface area contributed by atoms with Crippen LogP contribution in [0, 0.1) is 6.92 Å². The van der Waals surface area contributed by atoms with Gasteiger partial charge in [-0.2, -0.15) is 4.98 Å². The van der Waals surface area contributed by atoms with E-state index in [0.717, 1.165) is 11.3 Å². The van der Waals surface area contributed by atoms with Crippen molar-refractivity contribution in [2.45, 2.75) is 20.0 Å². The van der Waals surface area contributed by atoms with Crippen LogP contribution in [-0.4, -0.2) is 32.0 Å². The van der Waals surface area contributed by atoms with Crippen molar-refractivity contribution in [2.75, 3.05) is 6.54 Å². The normalized spacial score (nSPS) is 10.9. The Kier molecular flexibility index (Phi) is 5.01. The zero-order chi connectivity index (χ0) is 19.3. The molecule has 1 amide bonds. The van der Waals surface area contributed by atoms with E-state index in [4.69, 9.17) is 9.26 Å². The molecule has 0 aliphatic carbocycles. The molecule has 3 aromatic heterocycles. The number of hydrogen-bond donors (Lipinski definition) is 1. The first kappa shape index (κ1) is 17.7. The lowest BCUT2D eigenvalue weighted by atomic mass is 10.2. The Morgan fingerprint density at radius 2 is 2.04 bits per heavy atom. The number of ether oxygens (including phenoxy) is 1. The molecule has 0 bridgehead atoms. The molecular formula is C20H19N5O3. The predicted octanol–water partition coefficient (Wildman–Crippen LogP) is 2.58. The van der Waals surface area contributed by atoms with E-state index in [9.17, 15) is 4.79 Å². The highest BCUT2D eigenvalue weighted by Crippen LogP contribution is 2.19. The fourth-order valence-corrected chi connectivity index (χ4v) is 2.83. The molecule has 0 saturated heterocycles. The van der Waals surface area contributed by atoms with Gasteiger partial charge in [0.1, 0.15) is 11.4 Å². The van der Waals surface area contributed by atoms with Crippen molar-refractivity contribution < 1.29 is 14.1 Å². The van der Waals surface area contributed by atoms with E-state index in [1.807, 2.05) is 41.1 Å². The summed E-state index contributed by atoms with van der Waals surface area (Å²) in [6, 6.07) is 12.9. The molecule has 3 heterocycles.